The van der Waals surface area contributed by atoms with Gasteiger partial charge in [-0.15, -0.1) is 0 Å². The maximum Gasteiger partial charge on any atom is 0.320 e. The van der Waals surface area contributed by atoms with Crippen molar-refractivity contribution < 1.29 is 9.53 Å². The van der Waals surface area contributed by atoms with Crippen molar-refractivity contribution in [3.63, 3.8) is 0 Å². The minimum absolute atomic E-state index is 0.214. The third kappa shape index (κ3) is 2.70. The number of hydrogen-bond acceptors (Lipinski definition) is 5. The van der Waals surface area contributed by atoms with Crippen LogP contribution in [0.1, 0.15) is 17.2 Å². The maximum absolute atomic E-state index is 12.4. The van der Waals surface area contributed by atoms with Gasteiger partial charge in [0.1, 0.15) is 11.7 Å². The van der Waals surface area contributed by atoms with Gasteiger partial charge in [-0.05, 0) is 24.1 Å². The number of benzene rings is 1. The average Bonchev–Trinajstić information content (AvgIpc) is 3.01. The molecule has 6 nitrogen and oxygen atoms in total. The Morgan fingerprint density at radius 2 is 2.09 bits per heavy atom. The van der Waals surface area contributed by atoms with Gasteiger partial charge < -0.3 is 15.0 Å². The Labute approximate surface area is 135 Å². The summed E-state index contributed by atoms with van der Waals surface area (Å²) < 4.78 is 7.32. The molecule has 1 unspecified atom stereocenters. The molecule has 2 aromatic rings. The van der Waals surface area contributed by atoms with E-state index < -0.39 is 0 Å². The maximum atomic E-state index is 12.4. The number of fused-ring (bicyclic) bond motifs is 1. The highest BCUT2D eigenvalue weighted by Crippen LogP contribution is 2.35. The van der Waals surface area contributed by atoms with Gasteiger partial charge in [0.05, 0.1) is 5.69 Å². The highest BCUT2D eigenvalue weighted by molar-refractivity contribution is 5.83. The zero-order chi connectivity index (χ0) is 15.8. The molecular weight excluding hydrogens is 292 g/mol. The van der Waals surface area contributed by atoms with E-state index in [1.807, 2.05) is 25.4 Å². The van der Waals surface area contributed by atoms with Crippen molar-refractivity contribution in [2.24, 2.45) is 7.05 Å². The Morgan fingerprint density at radius 3 is 2.83 bits per heavy atom. The zero-order valence-electron chi connectivity index (χ0n) is 13.2. The Morgan fingerprint density at radius 1 is 1.26 bits per heavy atom. The third-order valence-electron chi connectivity index (χ3n) is 4.54. The summed E-state index contributed by atoms with van der Waals surface area (Å²) in [5.74, 6) is 0.167. The van der Waals surface area contributed by atoms with Gasteiger partial charge in [-0.25, -0.2) is 0 Å². The van der Waals surface area contributed by atoms with E-state index in [1.54, 1.807) is 4.68 Å². The molecule has 1 aromatic carbocycles. The summed E-state index contributed by atoms with van der Waals surface area (Å²) in [7, 11) is 1.85. The van der Waals surface area contributed by atoms with Crippen molar-refractivity contribution in [2.45, 2.75) is 12.3 Å². The number of ether oxygens (including phenoxy) is 1. The SMILES string of the molecule is Cn1ccc(C2Cc3ccc(N4CCNCC4)cc3OC2=O)n1. The summed E-state index contributed by atoms with van der Waals surface area (Å²) in [6.07, 6.45) is 2.50. The first-order valence-corrected chi connectivity index (χ1v) is 8.00. The topological polar surface area (TPSA) is 59.4 Å². The van der Waals surface area contributed by atoms with E-state index >= 15 is 0 Å². The van der Waals surface area contributed by atoms with Crippen LogP contribution in [0.4, 0.5) is 5.69 Å². The summed E-state index contributed by atoms with van der Waals surface area (Å²) in [6, 6.07) is 8.08. The normalized spacial score (nSPS) is 21.0. The molecule has 1 aromatic heterocycles. The first kappa shape index (κ1) is 14.3. The minimum Gasteiger partial charge on any atom is -0.426 e. The van der Waals surface area contributed by atoms with Crippen molar-refractivity contribution in [3.8, 4) is 5.75 Å². The minimum atomic E-state index is -0.311. The largest absolute Gasteiger partial charge is 0.426 e. The van der Waals surface area contributed by atoms with E-state index in [2.05, 4.69) is 27.4 Å². The molecule has 2 aliphatic rings. The first-order chi connectivity index (χ1) is 11.2. The zero-order valence-corrected chi connectivity index (χ0v) is 13.2. The van der Waals surface area contributed by atoms with Crippen LogP contribution in [-0.2, 0) is 18.3 Å². The molecule has 0 bridgehead atoms. The highest BCUT2D eigenvalue weighted by Gasteiger charge is 2.31. The lowest BCUT2D eigenvalue weighted by Crippen LogP contribution is -2.43. The van der Waals surface area contributed by atoms with E-state index in [0.717, 1.165) is 43.1 Å². The second-order valence-electron chi connectivity index (χ2n) is 6.12. The number of carbonyl (C=O) groups is 1. The lowest BCUT2D eigenvalue weighted by atomic mass is 9.93. The number of hydrogen-bond donors (Lipinski definition) is 1. The first-order valence-electron chi connectivity index (χ1n) is 8.00. The molecule has 0 radical (unpaired) electrons. The summed E-state index contributed by atoms with van der Waals surface area (Å²) in [4.78, 5) is 14.7. The molecule has 1 saturated heterocycles. The van der Waals surface area contributed by atoms with Crippen molar-refractivity contribution in [1.29, 1.82) is 0 Å². The summed E-state index contributed by atoms with van der Waals surface area (Å²) in [5.41, 5.74) is 2.96. The third-order valence-corrected chi connectivity index (χ3v) is 4.54. The van der Waals surface area contributed by atoms with E-state index in [0.29, 0.717) is 12.2 Å². The summed E-state index contributed by atoms with van der Waals surface area (Å²) in [5, 5.41) is 7.69. The Balaban J connectivity index is 1.59. The van der Waals surface area contributed by atoms with Gasteiger partial charge in [0.2, 0.25) is 0 Å². The Kier molecular flexibility index (Phi) is 3.53. The van der Waals surface area contributed by atoms with Gasteiger partial charge in [-0.1, -0.05) is 6.07 Å². The van der Waals surface area contributed by atoms with Crippen molar-refractivity contribution >= 4 is 11.7 Å². The van der Waals surface area contributed by atoms with E-state index in [1.165, 1.54) is 0 Å². The Hall–Kier alpha value is -2.34. The van der Waals surface area contributed by atoms with Gasteiger partial charge in [-0.2, -0.15) is 5.10 Å². The van der Waals surface area contributed by atoms with Crippen LogP contribution in [0.3, 0.4) is 0 Å². The molecule has 2 aliphatic heterocycles. The quantitative estimate of drug-likeness (QED) is 0.664. The number of esters is 1. The molecule has 0 amide bonds. The van der Waals surface area contributed by atoms with E-state index in [9.17, 15) is 4.79 Å². The van der Waals surface area contributed by atoms with Crippen LogP contribution in [0.25, 0.3) is 0 Å². The molecule has 1 N–H and O–H groups in total. The van der Waals surface area contributed by atoms with E-state index in [4.69, 9.17) is 4.74 Å². The van der Waals surface area contributed by atoms with Crippen molar-refractivity contribution in [2.75, 3.05) is 31.1 Å². The standard InChI is InChI=1S/C17H20N4O2/c1-20-7-4-15(19-20)14-10-12-2-3-13(11-16(12)23-17(14)22)21-8-5-18-6-9-21/h2-4,7,11,14,18H,5-6,8-10H2,1H3. The smallest absolute Gasteiger partial charge is 0.320 e. The number of aromatic nitrogens is 2. The fourth-order valence-corrected chi connectivity index (χ4v) is 3.25. The molecule has 0 spiro atoms. The lowest BCUT2D eigenvalue weighted by molar-refractivity contribution is -0.137. The molecule has 120 valence electrons. The predicted octanol–water partition coefficient (Wildman–Crippen LogP) is 1.07. The number of rotatable bonds is 2. The number of carbonyl (C=O) groups excluding carboxylic acids is 1. The van der Waals surface area contributed by atoms with Crippen LogP contribution >= 0.6 is 0 Å². The Bertz CT molecular complexity index is 734. The number of aryl methyl sites for hydroxylation is 1. The number of nitrogens with one attached hydrogen (secondary N) is 1. The molecule has 3 heterocycles. The molecular formula is C17H20N4O2. The van der Waals surface area contributed by atoms with Gasteiger partial charge in [0.15, 0.2) is 0 Å². The monoisotopic (exact) mass is 312 g/mol. The van der Waals surface area contributed by atoms with Crippen LogP contribution < -0.4 is 15.0 Å². The van der Waals surface area contributed by atoms with Crippen LogP contribution in [-0.4, -0.2) is 41.9 Å². The fraction of sp³-hybridized carbons (Fsp3) is 0.412. The van der Waals surface area contributed by atoms with Gasteiger partial charge in [0, 0.05) is 51.2 Å². The summed E-state index contributed by atoms with van der Waals surface area (Å²) in [6.45, 7) is 3.92. The number of nitrogens with zero attached hydrogens (tertiary/aromatic N) is 3. The van der Waals surface area contributed by atoms with Crippen LogP contribution in [0.5, 0.6) is 5.75 Å². The van der Waals surface area contributed by atoms with E-state index in [-0.39, 0.29) is 11.9 Å². The highest BCUT2D eigenvalue weighted by atomic mass is 16.5. The molecule has 1 fully saturated rings. The predicted molar refractivity (Wildman–Crippen MR) is 86.8 cm³/mol. The second kappa shape index (κ2) is 5.70. The number of piperazine rings is 1. The van der Waals surface area contributed by atoms with Gasteiger partial charge >= 0.3 is 5.97 Å². The van der Waals surface area contributed by atoms with Gasteiger partial charge in [0.25, 0.3) is 0 Å². The van der Waals surface area contributed by atoms with Crippen molar-refractivity contribution in [3.05, 3.63) is 41.7 Å². The van der Waals surface area contributed by atoms with Crippen LogP contribution in [0.15, 0.2) is 30.5 Å². The number of anilines is 1. The fourth-order valence-electron chi connectivity index (χ4n) is 3.25. The van der Waals surface area contributed by atoms with Crippen LogP contribution in [0.2, 0.25) is 0 Å². The molecule has 4 rings (SSSR count). The second-order valence-corrected chi connectivity index (χ2v) is 6.12. The molecule has 0 saturated carbocycles. The molecule has 23 heavy (non-hydrogen) atoms. The average molecular weight is 312 g/mol. The lowest BCUT2D eigenvalue weighted by Gasteiger charge is -2.31. The molecule has 6 heteroatoms. The van der Waals surface area contributed by atoms with Gasteiger partial charge in [-0.3, -0.25) is 9.48 Å². The molecule has 1 atom stereocenters. The molecule has 0 aliphatic carbocycles. The summed E-state index contributed by atoms with van der Waals surface area (Å²) >= 11 is 0. The van der Waals surface area contributed by atoms with Crippen LogP contribution in [0, 0.1) is 0 Å². The van der Waals surface area contributed by atoms with Crippen molar-refractivity contribution in [1.82, 2.24) is 15.1 Å².